The number of rotatable bonds is 13. The van der Waals surface area contributed by atoms with Crippen molar-refractivity contribution in [3.05, 3.63) is 47.0 Å². The Balaban J connectivity index is 1.67. The van der Waals surface area contributed by atoms with Gasteiger partial charge in [-0.3, -0.25) is 19.1 Å². The van der Waals surface area contributed by atoms with Gasteiger partial charge in [-0.15, -0.1) is 0 Å². The highest BCUT2D eigenvalue weighted by atomic mass is 19.3. The third-order valence-corrected chi connectivity index (χ3v) is 9.80. The van der Waals surface area contributed by atoms with Gasteiger partial charge in [-0.05, 0) is 67.9 Å². The molecule has 3 amide bonds. The van der Waals surface area contributed by atoms with E-state index in [1.54, 1.807) is 16.1 Å². The molecule has 47 heavy (non-hydrogen) atoms. The topological polar surface area (TPSA) is 131 Å². The third kappa shape index (κ3) is 8.91. The highest BCUT2D eigenvalue weighted by molar-refractivity contribution is 6.01. The quantitative estimate of drug-likeness (QED) is 0.146. The predicted octanol–water partition coefficient (Wildman–Crippen LogP) is 6.36. The SMILES string of the molecule is CC(C(=O)NC(F)C(F)F)c1cc(F)c(NC(=O)[C@@H](NC(=O)c2ccnn2C(C)C)C(C2CCCCC2)C2CCCCC2)cc1CN. The van der Waals surface area contributed by atoms with E-state index in [1.807, 2.05) is 13.8 Å². The molecule has 0 radical (unpaired) electrons. The Morgan fingerprint density at radius 1 is 0.915 bits per heavy atom. The Labute approximate surface area is 273 Å². The Morgan fingerprint density at radius 2 is 1.51 bits per heavy atom. The molecule has 2 aromatic rings. The van der Waals surface area contributed by atoms with Crippen LogP contribution in [0.15, 0.2) is 24.4 Å². The van der Waals surface area contributed by atoms with Gasteiger partial charge in [0, 0.05) is 18.8 Å². The lowest BCUT2D eigenvalue weighted by atomic mass is 9.66. The van der Waals surface area contributed by atoms with E-state index in [4.69, 9.17) is 5.73 Å². The van der Waals surface area contributed by atoms with Crippen LogP contribution < -0.4 is 21.7 Å². The summed E-state index contributed by atoms with van der Waals surface area (Å²) in [6, 6.07) is 2.85. The first-order chi connectivity index (χ1) is 22.4. The predicted molar refractivity (Wildman–Crippen MR) is 171 cm³/mol. The molecule has 9 nitrogen and oxygen atoms in total. The number of anilines is 1. The van der Waals surface area contributed by atoms with Gasteiger partial charge in [0.1, 0.15) is 17.6 Å². The van der Waals surface area contributed by atoms with Gasteiger partial charge in [0.2, 0.25) is 18.1 Å². The van der Waals surface area contributed by atoms with Gasteiger partial charge in [-0.2, -0.15) is 5.10 Å². The zero-order chi connectivity index (χ0) is 34.2. The zero-order valence-electron chi connectivity index (χ0n) is 27.4. The van der Waals surface area contributed by atoms with Gasteiger partial charge < -0.3 is 21.7 Å². The van der Waals surface area contributed by atoms with Gasteiger partial charge in [-0.25, -0.2) is 17.6 Å². The van der Waals surface area contributed by atoms with Crippen LogP contribution in [0.3, 0.4) is 0 Å². The third-order valence-electron chi connectivity index (χ3n) is 9.80. The van der Waals surface area contributed by atoms with Gasteiger partial charge in [0.05, 0.1) is 11.6 Å². The van der Waals surface area contributed by atoms with Crippen molar-refractivity contribution in [2.45, 2.75) is 122 Å². The fourth-order valence-electron chi connectivity index (χ4n) is 7.41. The molecule has 5 N–H and O–H groups in total. The molecule has 1 aromatic carbocycles. The number of aromatic nitrogens is 2. The molecular weight excluding hydrogens is 616 g/mol. The number of nitrogens with one attached hydrogen (secondary N) is 3. The number of benzene rings is 1. The summed E-state index contributed by atoms with van der Waals surface area (Å²) < 4.78 is 56.1. The first-order valence-corrected chi connectivity index (χ1v) is 16.8. The van der Waals surface area contributed by atoms with Gasteiger partial charge in [-0.1, -0.05) is 64.2 Å². The first-order valence-electron chi connectivity index (χ1n) is 16.8. The van der Waals surface area contributed by atoms with E-state index < -0.39 is 48.2 Å². The lowest BCUT2D eigenvalue weighted by Crippen LogP contribution is -2.53. The average molecular weight is 665 g/mol. The van der Waals surface area contributed by atoms with Crippen LogP contribution in [0.1, 0.15) is 119 Å². The van der Waals surface area contributed by atoms with Crippen molar-refractivity contribution in [3.63, 3.8) is 0 Å². The lowest BCUT2D eigenvalue weighted by Gasteiger charge is -2.42. The standard InChI is InChI=1S/C34H48F4N6O3/c1-19(2)44-27(14-15-40-44)33(46)42-29(28(21-10-6-4-7-11-21)22-12-8-5-9-13-22)34(47)41-26-16-23(18-39)24(17-25(26)35)20(3)32(45)43-31(38)30(36)37/h14-17,19-22,28-31H,4-13,18,39H2,1-3H3,(H,41,47)(H,42,46)(H,43,45)/t20?,29-,31?/m0/s1. The van der Waals surface area contributed by atoms with Crippen molar-refractivity contribution >= 4 is 23.4 Å². The van der Waals surface area contributed by atoms with Gasteiger partial charge in [0.25, 0.3) is 12.3 Å². The summed E-state index contributed by atoms with van der Waals surface area (Å²) in [5, 5.41) is 11.6. The minimum atomic E-state index is -3.42. The summed E-state index contributed by atoms with van der Waals surface area (Å²) in [7, 11) is 0. The first kappa shape index (κ1) is 36.4. The van der Waals surface area contributed by atoms with Crippen molar-refractivity contribution < 1.29 is 31.9 Å². The molecule has 2 unspecified atom stereocenters. The highest BCUT2D eigenvalue weighted by Gasteiger charge is 2.42. The molecule has 4 rings (SSSR count). The number of carbonyl (C=O) groups is 3. The van der Waals surface area contributed by atoms with Crippen molar-refractivity contribution in [3.8, 4) is 0 Å². The summed E-state index contributed by atoms with van der Waals surface area (Å²) in [4.78, 5) is 40.6. The van der Waals surface area contributed by atoms with Gasteiger partial charge >= 0.3 is 0 Å². The maximum Gasteiger partial charge on any atom is 0.287 e. The number of nitrogens with two attached hydrogens (primary N) is 1. The van der Waals surface area contributed by atoms with Crippen LogP contribution in [0.4, 0.5) is 23.2 Å². The number of hydrogen-bond donors (Lipinski definition) is 4. The molecule has 0 spiro atoms. The number of carbonyl (C=O) groups excluding carboxylic acids is 3. The summed E-state index contributed by atoms with van der Waals surface area (Å²) in [6.07, 6.45) is 5.41. The summed E-state index contributed by atoms with van der Waals surface area (Å²) in [5.74, 6) is -3.91. The molecule has 2 aliphatic rings. The van der Waals surface area contributed by atoms with E-state index in [0.29, 0.717) is 5.69 Å². The van der Waals surface area contributed by atoms with Crippen molar-refractivity contribution in [2.24, 2.45) is 23.5 Å². The molecule has 2 aliphatic carbocycles. The molecule has 2 fully saturated rings. The number of nitrogens with zero attached hydrogens (tertiary/aromatic N) is 2. The monoisotopic (exact) mass is 664 g/mol. The average Bonchev–Trinajstić information content (AvgIpc) is 3.56. The van der Waals surface area contributed by atoms with Crippen molar-refractivity contribution in [1.82, 2.24) is 20.4 Å². The Morgan fingerprint density at radius 3 is 2.04 bits per heavy atom. The normalized spacial score (nSPS) is 18.3. The summed E-state index contributed by atoms with van der Waals surface area (Å²) >= 11 is 0. The second kappa shape index (κ2) is 16.6. The molecule has 0 bridgehead atoms. The lowest BCUT2D eigenvalue weighted by molar-refractivity contribution is -0.126. The van der Waals surface area contributed by atoms with Crippen LogP contribution in [-0.4, -0.2) is 46.3 Å². The van der Waals surface area contributed by atoms with Gasteiger partial charge in [0.15, 0.2) is 0 Å². The van der Waals surface area contributed by atoms with Crippen LogP contribution in [0.25, 0.3) is 0 Å². The van der Waals surface area contributed by atoms with E-state index in [2.05, 4.69) is 15.7 Å². The molecule has 1 heterocycles. The molecule has 260 valence electrons. The molecule has 13 heteroatoms. The van der Waals surface area contributed by atoms with E-state index >= 15 is 4.39 Å². The smallest absolute Gasteiger partial charge is 0.287 e. The molecule has 3 atom stereocenters. The second-order valence-corrected chi connectivity index (χ2v) is 13.3. The Bertz CT molecular complexity index is 1360. The number of hydrogen-bond acceptors (Lipinski definition) is 5. The van der Waals surface area contributed by atoms with Crippen molar-refractivity contribution in [1.29, 1.82) is 0 Å². The molecule has 0 aliphatic heterocycles. The highest BCUT2D eigenvalue weighted by Crippen LogP contribution is 2.42. The fourth-order valence-corrected chi connectivity index (χ4v) is 7.41. The maximum absolute atomic E-state index is 15.7. The number of amides is 3. The summed E-state index contributed by atoms with van der Waals surface area (Å²) in [5.41, 5.74) is 6.40. The van der Waals surface area contributed by atoms with Crippen LogP contribution in [0, 0.1) is 23.6 Å². The van der Waals surface area contributed by atoms with Crippen LogP contribution in [0.2, 0.25) is 0 Å². The van der Waals surface area contributed by atoms with E-state index in [9.17, 15) is 27.6 Å². The van der Waals surface area contributed by atoms with Crippen LogP contribution in [0.5, 0.6) is 0 Å². The van der Waals surface area contributed by atoms with Crippen LogP contribution in [-0.2, 0) is 16.1 Å². The Hall–Kier alpha value is -3.48. The van der Waals surface area contributed by atoms with E-state index in [1.165, 1.54) is 19.2 Å². The van der Waals surface area contributed by atoms with E-state index in [0.717, 1.165) is 70.3 Å². The Kier molecular flexibility index (Phi) is 12.8. The minimum absolute atomic E-state index is 0.0797. The molecule has 0 saturated heterocycles. The molecule has 1 aromatic heterocycles. The minimum Gasteiger partial charge on any atom is -0.339 e. The second-order valence-electron chi connectivity index (χ2n) is 13.3. The largest absolute Gasteiger partial charge is 0.339 e. The van der Waals surface area contributed by atoms with E-state index in [-0.39, 0.29) is 47.2 Å². The van der Waals surface area contributed by atoms with Crippen molar-refractivity contribution in [2.75, 3.05) is 5.32 Å². The molecular formula is C34H48F4N6O3. The fraction of sp³-hybridized carbons (Fsp3) is 0.647. The maximum atomic E-state index is 15.7. The van der Waals surface area contributed by atoms with Crippen LogP contribution >= 0.6 is 0 Å². The zero-order valence-corrected chi connectivity index (χ0v) is 27.4. The number of halogens is 4. The summed E-state index contributed by atoms with van der Waals surface area (Å²) in [6.45, 7) is 4.96. The number of alkyl halides is 3. The molecule has 2 saturated carbocycles.